The van der Waals surface area contributed by atoms with Gasteiger partial charge in [0.2, 0.25) is 0 Å². The van der Waals surface area contributed by atoms with Gasteiger partial charge in [0.05, 0.1) is 0 Å². The molecule has 0 bridgehead atoms. The number of halogens is 3. The lowest BCUT2D eigenvalue weighted by atomic mass is 10.2. The highest BCUT2D eigenvalue weighted by molar-refractivity contribution is 5.78. The van der Waals surface area contributed by atoms with Crippen LogP contribution in [0.2, 0.25) is 0 Å². The van der Waals surface area contributed by atoms with Crippen molar-refractivity contribution in [2.45, 2.75) is 71.4 Å². The number of carbonyl (C=O) groups is 3. The van der Waals surface area contributed by atoms with E-state index in [4.69, 9.17) is 9.47 Å². The van der Waals surface area contributed by atoms with E-state index in [1.807, 2.05) is 0 Å². The number of hydrazine groups is 1. The van der Waals surface area contributed by atoms with Crippen LogP contribution in [0.25, 0.3) is 0 Å². The summed E-state index contributed by atoms with van der Waals surface area (Å²) >= 11 is 0. The fourth-order valence-electron chi connectivity index (χ4n) is 1.38. The molecule has 0 heterocycles. The van der Waals surface area contributed by atoms with E-state index in [9.17, 15) is 27.6 Å². The van der Waals surface area contributed by atoms with Gasteiger partial charge in [-0.15, -0.1) is 0 Å². The number of carbonyl (C=O) groups excluding carboxylic acids is 3. The van der Waals surface area contributed by atoms with Gasteiger partial charge in [-0.3, -0.25) is 0 Å². The monoisotopic (exact) mass is 356 g/mol. The molecule has 140 valence electrons. The smallest absolute Gasteiger partial charge is 0.430 e. The number of rotatable bonds is 4. The zero-order valence-electron chi connectivity index (χ0n) is 14.4. The Bertz CT molecular complexity index is 460. The Kier molecular flexibility index (Phi) is 7.52. The molecule has 0 saturated carbocycles. The first-order valence-electron chi connectivity index (χ1n) is 7.07. The lowest BCUT2D eigenvalue weighted by molar-refractivity contribution is -0.119. The summed E-state index contributed by atoms with van der Waals surface area (Å²) in [4.78, 5) is 34.8. The maximum atomic E-state index is 13.6. The number of alkyl halides is 3. The second kappa shape index (κ2) is 8.20. The Labute approximate surface area is 138 Å². The van der Waals surface area contributed by atoms with Crippen molar-refractivity contribution in [1.82, 2.24) is 10.4 Å². The van der Waals surface area contributed by atoms with Gasteiger partial charge < -0.3 is 14.3 Å². The van der Waals surface area contributed by atoms with Crippen molar-refractivity contribution < 1.29 is 37.0 Å². The van der Waals surface area contributed by atoms with Crippen LogP contribution in [0, 0.1) is 0 Å². The molecule has 0 fully saturated rings. The van der Waals surface area contributed by atoms with Crippen molar-refractivity contribution in [1.29, 1.82) is 0 Å². The van der Waals surface area contributed by atoms with E-state index in [-0.39, 0.29) is 11.3 Å². The molecule has 7 nitrogen and oxygen atoms in total. The number of nitrogens with zero attached hydrogens (tertiary/aromatic N) is 1. The molecule has 0 aromatic carbocycles. The Morgan fingerprint density at radius 3 is 1.79 bits per heavy atom. The highest BCUT2D eigenvalue weighted by Crippen LogP contribution is 2.17. The molecule has 0 radical (unpaired) electrons. The largest absolute Gasteiger partial charge is 0.443 e. The van der Waals surface area contributed by atoms with Crippen molar-refractivity contribution in [2.75, 3.05) is 0 Å². The van der Waals surface area contributed by atoms with Gasteiger partial charge in [-0.05, 0) is 41.5 Å². The van der Waals surface area contributed by atoms with E-state index in [1.165, 1.54) is 41.5 Å². The van der Waals surface area contributed by atoms with Crippen LogP contribution in [-0.4, -0.2) is 53.3 Å². The van der Waals surface area contributed by atoms with Gasteiger partial charge >= 0.3 is 12.2 Å². The zero-order valence-corrected chi connectivity index (χ0v) is 14.4. The van der Waals surface area contributed by atoms with Crippen LogP contribution in [0.3, 0.4) is 0 Å². The van der Waals surface area contributed by atoms with Gasteiger partial charge in [0.25, 0.3) is 6.43 Å². The summed E-state index contributed by atoms with van der Waals surface area (Å²) in [6.45, 7) is 8.93. The SMILES string of the molecule is CC(C)(C)OC(=O)NN(C(=O)OC(C)(C)C)C(C=O)C(F)C(F)F. The van der Waals surface area contributed by atoms with Crippen LogP contribution < -0.4 is 5.43 Å². The summed E-state index contributed by atoms with van der Waals surface area (Å²) in [5.41, 5.74) is -0.273. The zero-order chi connectivity index (χ0) is 19.3. The summed E-state index contributed by atoms with van der Waals surface area (Å²) in [6.07, 6.45) is -9.41. The molecular weight excluding hydrogens is 333 g/mol. The van der Waals surface area contributed by atoms with E-state index in [2.05, 4.69) is 0 Å². The molecule has 0 aliphatic heterocycles. The highest BCUT2D eigenvalue weighted by Gasteiger charge is 2.40. The van der Waals surface area contributed by atoms with E-state index >= 15 is 0 Å². The average molecular weight is 356 g/mol. The number of ether oxygens (including phenoxy) is 2. The first-order valence-corrected chi connectivity index (χ1v) is 7.07. The van der Waals surface area contributed by atoms with E-state index < -0.39 is 42.0 Å². The van der Waals surface area contributed by atoms with Crippen molar-refractivity contribution in [3.05, 3.63) is 0 Å². The summed E-state index contributed by atoms with van der Waals surface area (Å²) in [5, 5.41) is 0.0587. The minimum atomic E-state index is -3.55. The quantitative estimate of drug-likeness (QED) is 0.618. The first-order chi connectivity index (χ1) is 10.7. The summed E-state index contributed by atoms with van der Waals surface area (Å²) in [7, 11) is 0. The van der Waals surface area contributed by atoms with E-state index in [1.54, 1.807) is 5.43 Å². The molecular formula is C14H23F3N2O5. The number of hydrogen-bond donors (Lipinski definition) is 1. The molecule has 0 aliphatic carbocycles. The van der Waals surface area contributed by atoms with Crippen molar-refractivity contribution in [3.8, 4) is 0 Å². The second-order valence-electron chi connectivity index (χ2n) is 6.87. The van der Waals surface area contributed by atoms with Gasteiger partial charge in [0, 0.05) is 0 Å². The van der Waals surface area contributed by atoms with Crippen LogP contribution in [-0.2, 0) is 14.3 Å². The summed E-state index contributed by atoms with van der Waals surface area (Å²) < 4.78 is 48.5. The molecule has 0 saturated heterocycles. The fourth-order valence-corrected chi connectivity index (χ4v) is 1.38. The third-order valence-electron chi connectivity index (χ3n) is 2.21. The minimum absolute atomic E-state index is 0.0587. The van der Waals surface area contributed by atoms with Crippen molar-refractivity contribution in [2.24, 2.45) is 0 Å². The third-order valence-corrected chi connectivity index (χ3v) is 2.21. The molecule has 0 rings (SSSR count). The molecule has 0 aliphatic rings. The van der Waals surface area contributed by atoms with Crippen LogP contribution in [0.1, 0.15) is 41.5 Å². The number of hydrogen-bond acceptors (Lipinski definition) is 5. The van der Waals surface area contributed by atoms with Gasteiger partial charge in [-0.2, -0.15) is 0 Å². The topological polar surface area (TPSA) is 84.9 Å². The highest BCUT2D eigenvalue weighted by atomic mass is 19.3. The molecule has 2 amide bonds. The third kappa shape index (κ3) is 8.02. The number of nitrogens with one attached hydrogen (secondary N) is 1. The van der Waals surface area contributed by atoms with Gasteiger partial charge in [-0.25, -0.2) is 33.2 Å². The Hall–Kier alpha value is -2.00. The first kappa shape index (κ1) is 22.0. The van der Waals surface area contributed by atoms with Crippen LogP contribution >= 0.6 is 0 Å². The van der Waals surface area contributed by atoms with Crippen LogP contribution in [0.5, 0.6) is 0 Å². The predicted molar refractivity (Wildman–Crippen MR) is 78.2 cm³/mol. The molecule has 10 heteroatoms. The van der Waals surface area contributed by atoms with Gasteiger partial charge in [0.1, 0.15) is 23.5 Å². The lowest BCUT2D eigenvalue weighted by Crippen LogP contribution is -2.58. The Balaban J connectivity index is 5.46. The molecule has 0 aromatic rings. The minimum Gasteiger partial charge on any atom is -0.443 e. The second-order valence-corrected chi connectivity index (χ2v) is 6.87. The fraction of sp³-hybridized carbons (Fsp3) is 0.786. The maximum Gasteiger partial charge on any atom is 0.430 e. The van der Waals surface area contributed by atoms with Gasteiger partial charge in [-0.1, -0.05) is 0 Å². The molecule has 0 spiro atoms. The average Bonchev–Trinajstić information content (AvgIpc) is 2.33. The molecule has 1 N–H and O–H groups in total. The normalized spacial score (nSPS) is 14.6. The number of aldehydes is 1. The molecule has 24 heavy (non-hydrogen) atoms. The summed E-state index contributed by atoms with van der Waals surface area (Å²) in [6, 6.07) is -2.28. The van der Waals surface area contributed by atoms with Crippen LogP contribution in [0.15, 0.2) is 0 Å². The van der Waals surface area contributed by atoms with Crippen LogP contribution in [0.4, 0.5) is 22.8 Å². The predicted octanol–water partition coefficient (Wildman–Crippen LogP) is 2.83. The summed E-state index contributed by atoms with van der Waals surface area (Å²) in [5.74, 6) is 0. The van der Waals surface area contributed by atoms with E-state index in [0.717, 1.165) is 0 Å². The molecule has 2 unspecified atom stereocenters. The van der Waals surface area contributed by atoms with Gasteiger partial charge in [0.15, 0.2) is 6.17 Å². The van der Waals surface area contributed by atoms with Crippen molar-refractivity contribution in [3.63, 3.8) is 0 Å². The number of amides is 2. The molecule has 0 aromatic heterocycles. The lowest BCUT2D eigenvalue weighted by Gasteiger charge is -2.32. The van der Waals surface area contributed by atoms with Crippen molar-refractivity contribution >= 4 is 18.5 Å². The maximum absolute atomic E-state index is 13.6. The Morgan fingerprint density at radius 1 is 1.00 bits per heavy atom. The van der Waals surface area contributed by atoms with E-state index in [0.29, 0.717) is 0 Å². The standard InChI is InChI=1S/C14H23F3N2O5/c1-13(2,3)23-11(21)18-19(12(22)24-14(4,5)6)8(7-20)9(15)10(16)17/h7-10H,1-6H3,(H,18,21). The Morgan fingerprint density at radius 2 is 1.46 bits per heavy atom. The molecule has 2 atom stereocenters.